The summed E-state index contributed by atoms with van der Waals surface area (Å²) in [6, 6.07) is 12.1. The van der Waals surface area contributed by atoms with Crippen LogP contribution in [0.4, 0.5) is 16.6 Å². The van der Waals surface area contributed by atoms with Crippen LogP contribution in [0.2, 0.25) is 0 Å². The van der Waals surface area contributed by atoms with Crippen LogP contribution >= 0.6 is 11.3 Å². The first-order valence-corrected chi connectivity index (χ1v) is 10.3. The van der Waals surface area contributed by atoms with E-state index in [-0.39, 0.29) is 5.91 Å². The zero-order chi connectivity index (χ0) is 20.1. The van der Waals surface area contributed by atoms with E-state index < -0.39 is 0 Å². The predicted molar refractivity (Wildman–Crippen MR) is 114 cm³/mol. The molecule has 1 saturated heterocycles. The van der Waals surface area contributed by atoms with E-state index in [1.807, 2.05) is 24.3 Å². The van der Waals surface area contributed by atoms with Crippen molar-refractivity contribution >= 4 is 33.9 Å². The number of pyridine rings is 1. The van der Waals surface area contributed by atoms with Gasteiger partial charge >= 0.3 is 0 Å². The van der Waals surface area contributed by atoms with Gasteiger partial charge < -0.3 is 15.0 Å². The molecule has 0 saturated carbocycles. The first-order chi connectivity index (χ1) is 14.2. The van der Waals surface area contributed by atoms with Crippen LogP contribution in [-0.2, 0) is 0 Å². The lowest BCUT2D eigenvalue weighted by atomic mass is 10.0. The van der Waals surface area contributed by atoms with E-state index in [9.17, 15) is 4.79 Å². The molecule has 0 aliphatic carbocycles. The monoisotopic (exact) mass is 410 g/mol. The topological polar surface area (TPSA) is 92.3 Å². The number of methoxy groups -OCH3 is 1. The Balaban J connectivity index is 1.30. The minimum absolute atomic E-state index is 0.234. The van der Waals surface area contributed by atoms with Gasteiger partial charge in [0.05, 0.1) is 12.7 Å². The van der Waals surface area contributed by atoms with Gasteiger partial charge in [-0.2, -0.15) is 0 Å². The van der Waals surface area contributed by atoms with Crippen LogP contribution in [0.15, 0.2) is 48.1 Å². The lowest BCUT2D eigenvalue weighted by Crippen LogP contribution is -2.39. The highest BCUT2D eigenvalue weighted by molar-refractivity contribution is 7.13. The van der Waals surface area contributed by atoms with Crippen LogP contribution < -0.4 is 20.3 Å². The number of hydrogen-bond acceptors (Lipinski definition) is 8. The van der Waals surface area contributed by atoms with Gasteiger partial charge in [0, 0.05) is 37.1 Å². The van der Waals surface area contributed by atoms with Crippen molar-refractivity contribution in [2.45, 2.75) is 18.9 Å². The number of nitrogens with one attached hydrogen (secondary N) is 2. The molecule has 29 heavy (non-hydrogen) atoms. The fourth-order valence-electron chi connectivity index (χ4n) is 3.31. The number of nitrogens with zero attached hydrogens (tertiary/aromatic N) is 4. The van der Waals surface area contributed by atoms with Gasteiger partial charge in [-0.05, 0) is 37.1 Å². The standard InChI is InChI=1S/C20H22N6O2S/c1-28-17-4-2-3-16(11-17)23-15-7-9-26(10-8-15)18-6-5-14(12-21-18)19(27)24-20-25-22-13-29-20/h2-6,11-13,15,23H,7-10H2,1H3,(H,24,25,27). The molecule has 0 radical (unpaired) electrons. The van der Waals surface area contributed by atoms with Gasteiger partial charge in [-0.25, -0.2) is 4.98 Å². The van der Waals surface area contributed by atoms with E-state index in [0.29, 0.717) is 16.7 Å². The molecule has 1 fully saturated rings. The second kappa shape index (κ2) is 8.87. The minimum Gasteiger partial charge on any atom is -0.497 e. The van der Waals surface area contributed by atoms with E-state index in [4.69, 9.17) is 4.74 Å². The molecule has 1 aliphatic heterocycles. The zero-order valence-electron chi connectivity index (χ0n) is 16.0. The number of rotatable bonds is 6. The third kappa shape index (κ3) is 4.80. The van der Waals surface area contributed by atoms with E-state index in [1.54, 1.807) is 24.9 Å². The van der Waals surface area contributed by atoms with Gasteiger partial charge in [-0.3, -0.25) is 10.1 Å². The molecule has 0 atom stereocenters. The van der Waals surface area contributed by atoms with Gasteiger partial charge in [0.2, 0.25) is 5.13 Å². The Morgan fingerprint density at radius 2 is 2.10 bits per heavy atom. The molecular weight excluding hydrogens is 388 g/mol. The fourth-order valence-corrected chi connectivity index (χ4v) is 3.75. The Labute approximate surface area is 172 Å². The smallest absolute Gasteiger partial charge is 0.259 e. The summed E-state index contributed by atoms with van der Waals surface area (Å²) in [5.41, 5.74) is 3.15. The maximum Gasteiger partial charge on any atom is 0.259 e. The number of carbonyl (C=O) groups excluding carboxylic acids is 1. The zero-order valence-corrected chi connectivity index (χ0v) is 16.9. The lowest BCUT2D eigenvalue weighted by Gasteiger charge is -2.33. The van der Waals surface area contributed by atoms with Gasteiger partial charge in [0.25, 0.3) is 5.91 Å². The van der Waals surface area contributed by atoms with Gasteiger partial charge in [0.15, 0.2) is 0 Å². The Hall–Kier alpha value is -3.20. The highest BCUT2D eigenvalue weighted by Gasteiger charge is 2.20. The molecule has 2 N–H and O–H groups in total. The third-order valence-corrected chi connectivity index (χ3v) is 5.46. The van der Waals surface area contributed by atoms with Crippen LogP contribution in [0.3, 0.4) is 0 Å². The number of piperidine rings is 1. The summed E-state index contributed by atoms with van der Waals surface area (Å²) in [5, 5.41) is 14.3. The number of ether oxygens (including phenoxy) is 1. The van der Waals surface area contributed by atoms with Gasteiger partial charge in [-0.1, -0.05) is 17.4 Å². The van der Waals surface area contributed by atoms with Crippen molar-refractivity contribution in [3.63, 3.8) is 0 Å². The molecular formula is C20H22N6O2S. The minimum atomic E-state index is -0.234. The fraction of sp³-hybridized carbons (Fsp3) is 0.300. The maximum absolute atomic E-state index is 12.2. The molecule has 1 amide bonds. The van der Waals surface area contributed by atoms with Crippen molar-refractivity contribution in [1.82, 2.24) is 15.2 Å². The van der Waals surface area contributed by atoms with Crippen LogP contribution in [0, 0.1) is 0 Å². The average molecular weight is 411 g/mol. The summed E-state index contributed by atoms with van der Waals surface area (Å²) in [6.07, 6.45) is 3.63. The summed E-state index contributed by atoms with van der Waals surface area (Å²) >= 11 is 1.28. The molecule has 4 rings (SSSR count). The first-order valence-electron chi connectivity index (χ1n) is 9.40. The number of amides is 1. The molecule has 0 spiro atoms. The Kier molecular flexibility index (Phi) is 5.85. The molecule has 9 heteroatoms. The number of aromatic nitrogens is 3. The molecule has 8 nitrogen and oxygen atoms in total. The van der Waals surface area contributed by atoms with Crippen molar-refractivity contribution in [1.29, 1.82) is 0 Å². The van der Waals surface area contributed by atoms with E-state index in [1.165, 1.54) is 11.3 Å². The van der Waals surface area contributed by atoms with E-state index >= 15 is 0 Å². The molecule has 2 aromatic heterocycles. The quantitative estimate of drug-likeness (QED) is 0.644. The third-order valence-electron chi connectivity index (χ3n) is 4.85. The largest absolute Gasteiger partial charge is 0.497 e. The Morgan fingerprint density at radius 1 is 1.24 bits per heavy atom. The van der Waals surface area contributed by atoms with Gasteiger partial charge in [0.1, 0.15) is 17.1 Å². The average Bonchev–Trinajstić information content (AvgIpc) is 3.27. The van der Waals surface area contributed by atoms with Crippen molar-refractivity contribution in [2.24, 2.45) is 0 Å². The number of hydrogen-bond donors (Lipinski definition) is 2. The van der Waals surface area contributed by atoms with E-state index in [2.05, 4.69) is 36.8 Å². The number of carbonyl (C=O) groups is 1. The highest BCUT2D eigenvalue weighted by atomic mass is 32.1. The molecule has 0 bridgehead atoms. The van der Waals surface area contributed by atoms with Crippen LogP contribution in [-0.4, -0.2) is 47.3 Å². The summed E-state index contributed by atoms with van der Waals surface area (Å²) in [5.74, 6) is 1.51. The van der Waals surface area contributed by atoms with Crippen molar-refractivity contribution < 1.29 is 9.53 Å². The van der Waals surface area contributed by atoms with Crippen LogP contribution in [0.25, 0.3) is 0 Å². The Bertz CT molecular complexity index is 940. The predicted octanol–water partition coefficient (Wildman–Crippen LogP) is 3.27. The Morgan fingerprint density at radius 3 is 2.79 bits per heavy atom. The molecule has 1 aromatic carbocycles. The lowest BCUT2D eigenvalue weighted by molar-refractivity contribution is 0.102. The molecule has 3 aromatic rings. The van der Waals surface area contributed by atoms with Crippen molar-refractivity contribution in [3.8, 4) is 5.75 Å². The van der Waals surface area contributed by atoms with Crippen molar-refractivity contribution in [3.05, 3.63) is 53.7 Å². The normalized spacial score (nSPS) is 14.4. The maximum atomic E-state index is 12.2. The number of anilines is 3. The number of benzene rings is 1. The van der Waals surface area contributed by atoms with E-state index in [0.717, 1.165) is 43.2 Å². The second-order valence-electron chi connectivity index (χ2n) is 6.74. The second-order valence-corrected chi connectivity index (χ2v) is 7.57. The van der Waals surface area contributed by atoms with Crippen LogP contribution in [0.1, 0.15) is 23.2 Å². The molecule has 3 heterocycles. The molecule has 150 valence electrons. The van der Waals surface area contributed by atoms with Gasteiger partial charge in [-0.15, -0.1) is 10.2 Å². The first kappa shape index (κ1) is 19.1. The molecule has 0 unspecified atom stereocenters. The summed E-state index contributed by atoms with van der Waals surface area (Å²) < 4.78 is 5.28. The molecule has 1 aliphatic rings. The van der Waals surface area contributed by atoms with Crippen LogP contribution in [0.5, 0.6) is 5.75 Å². The van der Waals surface area contributed by atoms with Crippen molar-refractivity contribution in [2.75, 3.05) is 35.7 Å². The summed E-state index contributed by atoms with van der Waals surface area (Å²) in [4.78, 5) is 18.9. The SMILES string of the molecule is COc1cccc(NC2CCN(c3ccc(C(=O)Nc4nncs4)cn3)CC2)c1. The highest BCUT2D eigenvalue weighted by Crippen LogP contribution is 2.23. The summed E-state index contributed by atoms with van der Waals surface area (Å²) in [7, 11) is 1.68. The summed E-state index contributed by atoms with van der Waals surface area (Å²) in [6.45, 7) is 1.82.